The number of H-pyrrole nitrogens is 1. The van der Waals surface area contributed by atoms with Gasteiger partial charge in [0, 0.05) is 18.8 Å². The Labute approximate surface area is 122 Å². The number of carbonyl (C=O) groups is 1. The Hall–Kier alpha value is -2.63. The van der Waals surface area contributed by atoms with Crippen LogP contribution in [0.5, 0.6) is 0 Å². The predicted octanol–water partition coefficient (Wildman–Crippen LogP) is 2.27. The van der Waals surface area contributed by atoms with Gasteiger partial charge in [0.15, 0.2) is 0 Å². The largest absolute Gasteiger partial charge is 0.347 e. The first-order valence-electron chi connectivity index (χ1n) is 6.89. The Balaban J connectivity index is 1.67. The predicted molar refractivity (Wildman–Crippen MR) is 79.9 cm³/mol. The summed E-state index contributed by atoms with van der Waals surface area (Å²) in [6, 6.07) is 7.84. The Bertz CT molecular complexity index is 771. The van der Waals surface area contributed by atoms with E-state index in [2.05, 4.69) is 20.4 Å². The smallest absolute Gasteiger partial charge is 0.272 e. The molecule has 2 N–H and O–H groups in total. The second kappa shape index (κ2) is 5.40. The molecule has 0 atom stereocenters. The Kier molecular flexibility index (Phi) is 3.43. The van der Waals surface area contributed by atoms with Gasteiger partial charge in [0.25, 0.3) is 5.91 Å². The molecule has 3 rings (SSSR count). The number of benzene rings is 1. The van der Waals surface area contributed by atoms with Gasteiger partial charge in [-0.15, -0.1) is 0 Å². The van der Waals surface area contributed by atoms with Gasteiger partial charge in [0.05, 0.1) is 17.4 Å². The lowest BCUT2D eigenvalue weighted by atomic mass is 10.2. The minimum Gasteiger partial charge on any atom is -0.347 e. The van der Waals surface area contributed by atoms with Crippen molar-refractivity contribution in [1.29, 1.82) is 0 Å². The van der Waals surface area contributed by atoms with Crippen molar-refractivity contribution in [2.75, 3.05) is 0 Å². The zero-order valence-electron chi connectivity index (χ0n) is 12.0. The normalized spacial score (nSPS) is 11.2. The number of amides is 1. The van der Waals surface area contributed by atoms with E-state index >= 15 is 0 Å². The average Bonchev–Trinajstić information content (AvgIpc) is 3.12. The van der Waals surface area contributed by atoms with E-state index in [4.69, 9.17) is 0 Å². The van der Waals surface area contributed by atoms with Gasteiger partial charge in [-0.05, 0) is 37.6 Å². The van der Waals surface area contributed by atoms with Crippen molar-refractivity contribution >= 4 is 16.9 Å². The van der Waals surface area contributed by atoms with Gasteiger partial charge in [0.1, 0.15) is 5.69 Å². The molecule has 108 valence electrons. The maximum atomic E-state index is 12.1. The fourth-order valence-electron chi connectivity index (χ4n) is 2.11. The molecule has 0 bridgehead atoms. The molecule has 0 radical (unpaired) electrons. The van der Waals surface area contributed by atoms with Crippen molar-refractivity contribution < 1.29 is 4.79 Å². The second-order valence-electron chi connectivity index (χ2n) is 5.21. The van der Waals surface area contributed by atoms with Gasteiger partial charge in [-0.25, -0.2) is 4.98 Å². The van der Waals surface area contributed by atoms with Crippen LogP contribution in [0.3, 0.4) is 0 Å². The van der Waals surface area contributed by atoms with Crippen LogP contribution in [-0.2, 0) is 6.54 Å². The Morgan fingerprint density at radius 3 is 3.00 bits per heavy atom. The molecule has 0 saturated heterocycles. The van der Waals surface area contributed by atoms with Crippen molar-refractivity contribution in [3.05, 3.63) is 48.0 Å². The van der Waals surface area contributed by atoms with E-state index < -0.39 is 0 Å². The molecule has 2 aromatic heterocycles. The highest BCUT2D eigenvalue weighted by Crippen LogP contribution is 2.11. The summed E-state index contributed by atoms with van der Waals surface area (Å²) in [7, 11) is 0. The van der Waals surface area contributed by atoms with Crippen molar-refractivity contribution in [1.82, 2.24) is 25.1 Å². The average molecular weight is 283 g/mol. The van der Waals surface area contributed by atoms with Gasteiger partial charge < -0.3 is 10.3 Å². The molecule has 21 heavy (non-hydrogen) atoms. The van der Waals surface area contributed by atoms with Crippen LogP contribution in [-0.4, -0.2) is 25.7 Å². The zero-order chi connectivity index (χ0) is 14.8. The molecule has 0 aliphatic carbocycles. The van der Waals surface area contributed by atoms with Crippen LogP contribution in [0.4, 0.5) is 0 Å². The van der Waals surface area contributed by atoms with Crippen LogP contribution in [0.25, 0.3) is 11.0 Å². The third-order valence-electron chi connectivity index (χ3n) is 3.31. The molecule has 6 heteroatoms. The van der Waals surface area contributed by atoms with Gasteiger partial charge in [-0.3, -0.25) is 9.48 Å². The number of nitrogens with zero attached hydrogens (tertiary/aromatic N) is 3. The molecular weight excluding hydrogens is 266 g/mol. The van der Waals surface area contributed by atoms with E-state index in [9.17, 15) is 4.79 Å². The number of carbonyl (C=O) groups excluding carboxylic acids is 1. The molecule has 3 aromatic rings. The van der Waals surface area contributed by atoms with E-state index in [0.29, 0.717) is 12.2 Å². The molecule has 2 heterocycles. The minimum absolute atomic E-state index is 0.167. The fourth-order valence-corrected chi connectivity index (χ4v) is 2.11. The Morgan fingerprint density at radius 2 is 2.24 bits per heavy atom. The van der Waals surface area contributed by atoms with E-state index in [-0.39, 0.29) is 11.9 Å². The third-order valence-corrected chi connectivity index (χ3v) is 3.31. The number of imidazole rings is 1. The maximum absolute atomic E-state index is 12.1. The van der Waals surface area contributed by atoms with E-state index in [1.165, 1.54) is 0 Å². The van der Waals surface area contributed by atoms with Crippen LogP contribution in [0.1, 0.15) is 35.9 Å². The highest BCUT2D eigenvalue weighted by Gasteiger charge is 2.10. The first-order valence-corrected chi connectivity index (χ1v) is 6.89. The van der Waals surface area contributed by atoms with Gasteiger partial charge in [0.2, 0.25) is 0 Å². The molecule has 0 saturated carbocycles. The summed E-state index contributed by atoms with van der Waals surface area (Å²) in [6.45, 7) is 4.50. The number of hydrogen-bond acceptors (Lipinski definition) is 3. The van der Waals surface area contributed by atoms with Crippen LogP contribution in [0.15, 0.2) is 36.8 Å². The van der Waals surface area contributed by atoms with Crippen molar-refractivity contribution in [2.24, 2.45) is 0 Å². The molecule has 0 spiro atoms. The SMILES string of the molecule is CC(C)n1ccc(C(=O)NCc2ccc3nc[nH]c3c2)n1. The number of aromatic nitrogens is 4. The highest BCUT2D eigenvalue weighted by atomic mass is 16.1. The molecule has 1 aromatic carbocycles. The summed E-state index contributed by atoms with van der Waals surface area (Å²) >= 11 is 0. The minimum atomic E-state index is -0.167. The van der Waals surface area contributed by atoms with E-state index in [1.54, 1.807) is 17.1 Å². The number of rotatable bonds is 4. The van der Waals surface area contributed by atoms with Crippen molar-refractivity contribution in [3.63, 3.8) is 0 Å². The van der Waals surface area contributed by atoms with Crippen LogP contribution in [0.2, 0.25) is 0 Å². The lowest BCUT2D eigenvalue weighted by molar-refractivity contribution is 0.0945. The number of aromatic amines is 1. The first-order chi connectivity index (χ1) is 10.1. The summed E-state index contributed by atoms with van der Waals surface area (Å²) in [5.74, 6) is -0.167. The zero-order valence-corrected chi connectivity index (χ0v) is 12.0. The summed E-state index contributed by atoms with van der Waals surface area (Å²) in [4.78, 5) is 19.3. The number of nitrogens with one attached hydrogen (secondary N) is 2. The summed E-state index contributed by atoms with van der Waals surface area (Å²) < 4.78 is 1.77. The highest BCUT2D eigenvalue weighted by molar-refractivity contribution is 5.92. The lowest BCUT2D eigenvalue weighted by Gasteiger charge is -2.05. The van der Waals surface area contributed by atoms with E-state index in [1.807, 2.05) is 38.2 Å². The summed E-state index contributed by atoms with van der Waals surface area (Å²) in [5, 5.41) is 7.13. The van der Waals surface area contributed by atoms with Gasteiger partial charge in [-0.1, -0.05) is 6.07 Å². The van der Waals surface area contributed by atoms with E-state index in [0.717, 1.165) is 16.6 Å². The quantitative estimate of drug-likeness (QED) is 0.771. The third kappa shape index (κ3) is 2.79. The van der Waals surface area contributed by atoms with Crippen LogP contribution < -0.4 is 5.32 Å². The molecule has 0 aliphatic heterocycles. The van der Waals surface area contributed by atoms with Crippen LogP contribution >= 0.6 is 0 Å². The number of fused-ring (bicyclic) bond motifs is 1. The topological polar surface area (TPSA) is 75.6 Å². The molecule has 1 amide bonds. The standard InChI is InChI=1S/C15H17N5O/c1-10(2)20-6-5-13(19-20)15(21)16-8-11-3-4-12-14(7-11)18-9-17-12/h3-7,9-10H,8H2,1-2H3,(H,16,21)(H,17,18). The Morgan fingerprint density at radius 1 is 1.38 bits per heavy atom. The monoisotopic (exact) mass is 283 g/mol. The van der Waals surface area contributed by atoms with Crippen molar-refractivity contribution in [2.45, 2.75) is 26.4 Å². The molecule has 0 unspecified atom stereocenters. The molecular formula is C15H17N5O. The summed E-state index contributed by atoms with van der Waals surface area (Å²) in [6.07, 6.45) is 3.47. The maximum Gasteiger partial charge on any atom is 0.272 e. The summed E-state index contributed by atoms with van der Waals surface area (Å²) in [5.41, 5.74) is 3.33. The molecule has 6 nitrogen and oxygen atoms in total. The number of hydrogen-bond donors (Lipinski definition) is 2. The second-order valence-corrected chi connectivity index (χ2v) is 5.21. The van der Waals surface area contributed by atoms with Crippen molar-refractivity contribution in [3.8, 4) is 0 Å². The van der Waals surface area contributed by atoms with Crippen LogP contribution in [0, 0.1) is 0 Å². The first kappa shape index (κ1) is 13.4. The lowest BCUT2D eigenvalue weighted by Crippen LogP contribution is -2.23. The van der Waals surface area contributed by atoms with Gasteiger partial charge >= 0.3 is 0 Å². The molecule has 0 fully saturated rings. The van der Waals surface area contributed by atoms with Gasteiger partial charge in [-0.2, -0.15) is 5.10 Å². The fraction of sp³-hybridized carbons (Fsp3) is 0.267. The molecule has 0 aliphatic rings.